The molecule has 21 heavy (non-hydrogen) atoms. The number of hydrogen-bond donors (Lipinski definition) is 2. The first-order valence-electron chi connectivity index (χ1n) is 6.70. The van der Waals surface area contributed by atoms with Gasteiger partial charge in [-0.05, 0) is 24.3 Å². The van der Waals surface area contributed by atoms with Gasteiger partial charge in [0.05, 0.1) is 12.1 Å². The molecule has 6 heteroatoms. The Labute approximate surface area is 121 Å². The number of pyridine rings is 1. The summed E-state index contributed by atoms with van der Waals surface area (Å²) >= 11 is 0. The molecule has 0 amide bonds. The lowest BCUT2D eigenvalue weighted by molar-refractivity contribution is 0.802. The number of nitrogens with one attached hydrogen (secondary N) is 1. The number of fused-ring (bicyclic) bond motifs is 2. The molecule has 0 radical (unpaired) electrons. The standard InChI is InChI=1S/C15H14N6/c1-21-12-7-10(4-5-11(12)14(16)20-21)19-15-13-9(8-18-15)3-2-6-17-13/h2-7H,8H2,1H3,(H2,16,20)(H,18,19). The van der Waals surface area contributed by atoms with Gasteiger partial charge < -0.3 is 11.1 Å². The maximum atomic E-state index is 5.87. The van der Waals surface area contributed by atoms with Crippen molar-refractivity contribution in [3.05, 3.63) is 47.8 Å². The molecular weight excluding hydrogens is 264 g/mol. The van der Waals surface area contributed by atoms with Crippen molar-refractivity contribution in [2.75, 3.05) is 11.1 Å². The number of aryl methyl sites for hydroxylation is 1. The fourth-order valence-corrected chi connectivity index (χ4v) is 2.62. The molecule has 0 fully saturated rings. The van der Waals surface area contributed by atoms with Crippen LogP contribution in [0, 0.1) is 0 Å². The molecule has 0 bridgehead atoms. The van der Waals surface area contributed by atoms with Crippen molar-refractivity contribution in [3.63, 3.8) is 0 Å². The number of amidine groups is 1. The second-order valence-corrected chi connectivity index (χ2v) is 5.04. The van der Waals surface area contributed by atoms with E-state index in [1.807, 2.05) is 37.4 Å². The zero-order chi connectivity index (χ0) is 14.4. The molecule has 3 aromatic rings. The summed E-state index contributed by atoms with van der Waals surface area (Å²) in [6, 6.07) is 9.94. The molecule has 0 unspecified atom stereocenters. The van der Waals surface area contributed by atoms with Crippen LogP contribution in [0.25, 0.3) is 10.9 Å². The molecule has 0 aliphatic carbocycles. The molecule has 104 valence electrons. The predicted molar refractivity (Wildman–Crippen MR) is 83.2 cm³/mol. The third-order valence-corrected chi connectivity index (χ3v) is 3.67. The van der Waals surface area contributed by atoms with Gasteiger partial charge in [0.25, 0.3) is 0 Å². The Morgan fingerprint density at radius 1 is 1.29 bits per heavy atom. The van der Waals surface area contributed by atoms with Gasteiger partial charge in [0.2, 0.25) is 0 Å². The van der Waals surface area contributed by atoms with E-state index in [1.54, 1.807) is 10.9 Å². The topological polar surface area (TPSA) is 81.1 Å². The molecule has 4 rings (SSSR count). The molecule has 0 atom stereocenters. The van der Waals surface area contributed by atoms with Crippen LogP contribution in [-0.4, -0.2) is 20.6 Å². The van der Waals surface area contributed by atoms with Gasteiger partial charge in [-0.15, -0.1) is 0 Å². The van der Waals surface area contributed by atoms with Gasteiger partial charge in [0.1, 0.15) is 5.69 Å². The Bertz CT molecular complexity index is 877. The summed E-state index contributed by atoms with van der Waals surface area (Å²) in [5.41, 5.74) is 9.86. The quantitative estimate of drug-likeness (QED) is 0.712. The highest BCUT2D eigenvalue weighted by atomic mass is 15.3. The maximum absolute atomic E-state index is 5.87. The monoisotopic (exact) mass is 278 g/mol. The van der Waals surface area contributed by atoms with Crippen LogP contribution < -0.4 is 11.1 Å². The van der Waals surface area contributed by atoms with Gasteiger partial charge in [-0.2, -0.15) is 5.10 Å². The van der Waals surface area contributed by atoms with Crippen LogP contribution in [0.5, 0.6) is 0 Å². The van der Waals surface area contributed by atoms with Crippen LogP contribution in [-0.2, 0) is 13.6 Å². The summed E-state index contributed by atoms with van der Waals surface area (Å²) in [6.07, 6.45) is 1.78. The smallest absolute Gasteiger partial charge is 0.153 e. The fraction of sp³-hybridized carbons (Fsp3) is 0.133. The number of anilines is 2. The van der Waals surface area contributed by atoms with Crippen molar-refractivity contribution in [1.29, 1.82) is 0 Å². The van der Waals surface area contributed by atoms with E-state index in [0.717, 1.165) is 33.7 Å². The van der Waals surface area contributed by atoms with Crippen LogP contribution in [0.2, 0.25) is 0 Å². The van der Waals surface area contributed by atoms with E-state index in [1.165, 1.54) is 0 Å². The normalized spacial score (nSPS) is 13.3. The van der Waals surface area contributed by atoms with Gasteiger partial charge in [0, 0.05) is 29.9 Å². The minimum absolute atomic E-state index is 0.546. The van der Waals surface area contributed by atoms with E-state index < -0.39 is 0 Å². The number of nitrogens with two attached hydrogens (primary N) is 1. The summed E-state index contributed by atoms with van der Waals surface area (Å²) < 4.78 is 1.78. The summed E-state index contributed by atoms with van der Waals surface area (Å²) in [5.74, 6) is 1.35. The van der Waals surface area contributed by atoms with Crippen LogP contribution in [0.15, 0.2) is 41.5 Å². The predicted octanol–water partition coefficient (Wildman–Crippen LogP) is 1.92. The van der Waals surface area contributed by atoms with Crippen molar-refractivity contribution in [3.8, 4) is 0 Å². The van der Waals surface area contributed by atoms with Crippen LogP contribution in [0.3, 0.4) is 0 Å². The number of nitrogens with zero attached hydrogens (tertiary/aromatic N) is 4. The number of benzene rings is 1. The average molecular weight is 278 g/mol. The number of hydrogen-bond acceptors (Lipinski definition) is 5. The molecular formula is C15H14N6. The van der Waals surface area contributed by atoms with Gasteiger partial charge >= 0.3 is 0 Å². The van der Waals surface area contributed by atoms with Crippen molar-refractivity contribution in [2.24, 2.45) is 12.0 Å². The van der Waals surface area contributed by atoms with Crippen LogP contribution in [0.4, 0.5) is 11.5 Å². The third kappa shape index (κ3) is 1.84. The molecule has 3 heterocycles. The lowest BCUT2D eigenvalue weighted by Gasteiger charge is -2.07. The van der Waals surface area contributed by atoms with E-state index in [0.29, 0.717) is 12.4 Å². The van der Waals surface area contributed by atoms with E-state index >= 15 is 0 Å². The molecule has 1 aromatic carbocycles. The number of aliphatic imine (C=N–C) groups is 1. The first-order chi connectivity index (χ1) is 10.2. The second kappa shape index (κ2) is 4.31. The summed E-state index contributed by atoms with van der Waals surface area (Å²) in [4.78, 5) is 8.89. The first kappa shape index (κ1) is 11.9. The van der Waals surface area contributed by atoms with E-state index in [9.17, 15) is 0 Å². The average Bonchev–Trinajstić information content (AvgIpc) is 3.02. The molecule has 6 nitrogen and oxygen atoms in total. The highest BCUT2D eigenvalue weighted by molar-refractivity contribution is 6.10. The Morgan fingerprint density at radius 3 is 3.10 bits per heavy atom. The molecule has 2 aromatic heterocycles. The Hall–Kier alpha value is -2.89. The molecule has 3 N–H and O–H groups in total. The van der Waals surface area contributed by atoms with Crippen LogP contribution >= 0.6 is 0 Å². The number of aromatic nitrogens is 3. The van der Waals surface area contributed by atoms with Crippen molar-refractivity contribution in [2.45, 2.75) is 6.54 Å². The van der Waals surface area contributed by atoms with E-state index in [-0.39, 0.29) is 0 Å². The summed E-state index contributed by atoms with van der Waals surface area (Å²) in [7, 11) is 1.88. The Balaban J connectivity index is 1.71. The lowest BCUT2D eigenvalue weighted by Crippen LogP contribution is -2.13. The Morgan fingerprint density at radius 2 is 2.19 bits per heavy atom. The fourth-order valence-electron chi connectivity index (χ4n) is 2.62. The maximum Gasteiger partial charge on any atom is 0.153 e. The minimum Gasteiger partial charge on any atom is -0.382 e. The SMILES string of the molecule is Cn1nc(N)c2ccc(NC3=NCc4cccnc43)cc21. The summed E-state index contributed by atoms with van der Waals surface area (Å²) in [5, 5.41) is 8.51. The zero-order valence-electron chi connectivity index (χ0n) is 11.5. The molecule has 0 saturated heterocycles. The largest absolute Gasteiger partial charge is 0.382 e. The molecule has 0 spiro atoms. The molecule has 0 saturated carbocycles. The Kier molecular flexibility index (Phi) is 2.44. The van der Waals surface area contributed by atoms with Gasteiger partial charge in [0.15, 0.2) is 11.7 Å². The van der Waals surface area contributed by atoms with E-state index in [2.05, 4.69) is 20.4 Å². The lowest BCUT2D eigenvalue weighted by atomic mass is 10.2. The minimum atomic E-state index is 0.546. The van der Waals surface area contributed by atoms with Gasteiger partial charge in [-0.1, -0.05) is 6.07 Å². The number of nitrogen functional groups attached to an aromatic ring is 1. The highest BCUT2D eigenvalue weighted by Gasteiger charge is 2.17. The van der Waals surface area contributed by atoms with E-state index in [4.69, 9.17) is 5.73 Å². The molecule has 1 aliphatic rings. The van der Waals surface area contributed by atoms with Gasteiger partial charge in [-0.3, -0.25) is 14.7 Å². The van der Waals surface area contributed by atoms with Crippen molar-refractivity contribution < 1.29 is 0 Å². The zero-order valence-corrected chi connectivity index (χ0v) is 11.5. The van der Waals surface area contributed by atoms with Crippen molar-refractivity contribution >= 4 is 28.2 Å². The number of rotatable bonds is 1. The second-order valence-electron chi connectivity index (χ2n) is 5.04. The van der Waals surface area contributed by atoms with Crippen LogP contribution in [0.1, 0.15) is 11.3 Å². The summed E-state index contributed by atoms with van der Waals surface area (Å²) in [6.45, 7) is 0.673. The highest BCUT2D eigenvalue weighted by Crippen LogP contribution is 2.24. The molecule has 1 aliphatic heterocycles. The third-order valence-electron chi connectivity index (χ3n) is 3.67. The van der Waals surface area contributed by atoms with Gasteiger partial charge in [-0.25, -0.2) is 0 Å². The van der Waals surface area contributed by atoms with Crippen molar-refractivity contribution in [1.82, 2.24) is 14.8 Å². The first-order valence-corrected chi connectivity index (χ1v) is 6.70.